The third-order valence-corrected chi connectivity index (χ3v) is 3.56. The molecule has 0 spiro atoms. The predicted octanol–water partition coefficient (Wildman–Crippen LogP) is 2.48. The molecular formula is C13H12BrN3O. The molecule has 1 heterocycles. The van der Waals surface area contributed by atoms with Crippen molar-refractivity contribution in [1.82, 2.24) is 15.3 Å². The number of hydrogen-bond donors (Lipinski definition) is 1. The van der Waals surface area contributed by atoms with Crippen molar-refractivity contribution in [2.75, 3.05) is 0 Å². The van der Waals surface area contributed by atoms with Crippen molar-refractivity contribution in [3.63, 3.8) is 0 Å². The van der Waals surface area contributed by atoms with Crippen molar-refractivity contribution in [1.29, 1.82) is 0 Å². The summed E-state index contributed by atoms with van der Waals surface area (Å²) in [4.78, 5) is 19.9. The summed E-state index contributed by atoms with van der Waals surface area (Å²) in [6, 6.07) is 7.36. The fourth-order valence-corrected chi connectivity index (χ4v) is 1.96. The average molecular weight is 306 g/mol. The van der Waals surface area contributed by atoms with Gasteiger partial charge in [-0.1, -0.05) is 12.1 Å². The van der Waals surface area contributed by atoms with E-state index in [0.29, 0.717) is 12.1 Å². The molecule has 18 heavy (non-hydrogen) atoms. The molecule has 1 N–H and O–H groups in total. The molecule has 4 nitrogen and oxygen atoms in total. The number of hydrogen-bond acceptors (Lipinski definition) is 3. The highest BCUT2D eigenvalue weighted by molar-refractivity contribution is 9.10. The highest BCUT2D eigenvalue weighted by Crippen LogP contribution is 2.20. The first kappa shape index (κ1) is 12.7. The zero-order valence-electron chi connectivity index (χ0n) is 9.85. The molecule has 0 radical (unpaired) electrons. The standard InChI is InChI=1S/C13H12BrN3O/c1-9-3-2-4-11(12(9)14)13(18)16-7-10-5-6-15-8-17-10/h2-6,8H,7H2,1H3,(H,16,18). The zero-order valence-corrected chi connectivity index (χ0v) is 11.4. The third-order valence-electron chi connectivity index (χ3n) is 2.51. The van der Waals surface area contributed by atoms with Crippen molar-refractivity contribution in [2.45, 2.75) is 13.5 Å². The van der Waals surface area contributed by atoms with E-state index in [1.165, 1.54) is 6.33 Å². The lowest BCUT2D eigenvalue weighted by atomic mass is 10.1. The van der Waals surface area contributed by atoms with E-state index in [0.717, 1.165) is 15.7 Å². The number of nitrogens with one attached hydrogen (secondary N) is 1. The first-order valence-corrected chi connectivity index (χ1v) is 6.26. The van der Waals surface area contributed by atoms with Gasteiger partial charge < -0.3 is 5.32 Å². The largest absolute Gasteiger partial charge is 0.346 e. The molecule has 1 aromatic heterocycles. The lowest BCUT2D eigenvalue weighted by Crippen LogP contribution is -2.23. The van der Waals surface area contributed by atoms with Gasteiger partial charge >= 0.3 is 0 Å². The van der Waals surface area contributed by atoms with Gasteiger partial charge in [-0.2, -0.15) is 0 Å². The minimum atomic E-state index is -0.121. The highest BCUT2D eigenvalue weighted by Gasteiger charge is 2.10. The molecule has 0 saturated carbocycles. The van der Waals surface area contributed by atoms with Crippen LogP contribution in [0.5, 0.6) is 0 Å². The topological polar surface area (TPSA) is 54.9 Å². The van der Waals surface area contributed by atoms with Gasteiger partial charge in [0.25, 0.3) is 5.91 Å². The molecular weight excluding hydrogens is 294 g/mol. The van der Waals surface area contributed by atoms with E-state index >= 15 is 0 Å². The van der Waals surface area contributed by atoms with Crippen LogP contribution in [0.3, 0.4) is 0 Å². The summed E-state index contributed by atoms with van der Waals surface area (Å²) in [6.45, 7) is 2.34. The minimum Gasteiger partial charge on any atom is -0.346 e. The molecule has 0 aliphatic carbocycles. The van der Waals surface area contributed by atoms with Crippen LogP contribution in [0.15, 0.2) is 41.3 Å². The van der Waals surface area contributed by atoms with Crippen LogP contribution in [0, 0.1) is 6.92 Å². The average Bonchev–Trinajstić information content (AvgIpc) is 2.40. The van der Waals surface area contributed by atoms with Crippen LogP contribution in [-0.4, -0.2) is 15.9 Å². The number of carbonyl (C=O) groups is 1. The molecule has 0 bridgehead atoms. The van der Waals surface area contributed by atoms with Crippen molar-refractivity contribution in [3.8, 4) is 0 Å². The van der Waals surface area contributed by atoms with Crippen molar-refractivity contribution < 1.29 is 4.79 Å². The van der Waals surface area contributed by atoms with Crippen LogP contribution in [-0.2, 0) is 6.54 Å². The second-order valence-electron chi connectivity index (χ2n) is 3.82. The first-order chi connectivity index (χ1) is 8.68. The Balaban J connectivity index is 2.07. The zero-order chi connectivity index (χ0) is 13.0. The third kappa shape index (κ3) is 2.92. The summed E-state index contributed by atoms with van der Waals surface area (Å²) in [5, 5.41) is 2.82. The van der Waals surface area contributed by atoms with Gasteiger partial charge in [0.15, 0.2) is 0 Å². The number of halogens is 1. The Morgan fingerprint density at radius 2 is 2.22 bits per heavy atom. The fourth-order valence-electron chi connectivity index (χ4n) is 1.51. The van der Waals surface area contributed by atoms with E-state index in [1.54, 1.807) is 18.3 Å². The van der Waals surface area contributed by atoms with E-state index in [-0.39, 0.29) is 5.91 Å². The SMILES string of the molecule is Cc1cccc(C(=O)NCc2ccncn2)c1Br. The molecule has 0 aliphatic heterocycles. The fraction of sp³-hybridized carbons (Fsp3) is 0.154. The summed E-state index contributed by atoms with van der Waals surface area (Å²) < 4.78 is 0.824. The molecule has 0 fully saturated rings. The monoisotopic (exact) mass is 305 g/mol. The predicted molar refractivity (Wildman–Crippen MR) is 72.1 cm³/mol. The lowest BCUT2D eigenvalue weighted by molar-refractivity contribution is 0.0949. The number of nitrogens with zero attached hydrogens (tertiary/aromatic N) is 2. The molecule has 5 heteroatoms. The van der Waals surface area contributed by atoms with Crippen LogP contribution in [0.2, 0.25) is 0 Å². The van der Waals surface area contributed by atoms with E-state index in [9.17, 15) is 4.79 Å². The van der Waals surface area contributed by atoms with Gasteiger partial charge in [0.2, 0.25) is 0 Å². The number of amides is 1. The number of rotatable bonds is 3. The van der Waals surface area contributed by atoms with Crippen molar-refractivity contribution in [3.05, 3.63) is 58.1 Å². The quantitative estimate of drug-likeness (QED) is 0.948. The Morgan fingerprint density at radius 1 is 1.39 bits per heavy atom. The number of aryl methyl sites for hydroxylation is 1. The molecule has 92 valence electrons. The normalized spacial score (nSPS) is 10.1. The first-order valence-electron chi connectivity index (χ1n) is 5.46. The van der Waals surface area contributed by atoms with Crippen molar-refractivity contribution >= 4 is 21.8 Å². The van der Waals surface area contributed by atoms with Gasteiger partial charge in [0.1, 0.15) is 6.33 Å². The van der Waals surface area contributed by atoms with Gasteiger partial charge in [-0.25, -0.2) is 9.97 Å². The summed E-state index contributed by atoms with van der Waals surface area (Å²) in [5.74, 6) is -0.121. The van der Waals surface area contributed by atoms with Gasteiger partial charge in [-0.05, 0) is 40.5 Å². The smallest absolute Gasteiger partial charge is 0.252 e. The van der Waals surface area contributed by atoms with Gasteiger partial charge in [0, 0.05) is 10.7 Å². The van der Waals surface area contributed by atoms with Gasteiger partial charge in [-0.3, -0.25) is 4.79 Å². The molecule has 0 atom stereocenters. The molecule has 1 aromatic carbocycles. The Kier molecular flexibility index (Phi) is 4.04. The maximum Gasteiger partial charge on any atom is 0.252 e. The number of aromatic nitrogens is 2. The lowest BCUT2D eigenvalue weighted by Gasteiger charge is -2.07. The van der Waals surface area contributed by atoms with E-state index in [2.05, 4.69) is 31.2 Å². The maximum absolute atomic E-state index is 12.0. The van der Waals surface area contributed by atoms with Crippen molar-refractivity contribution in [2.24, 2.45) is 0 Å². The Labute approximate surface area is 114 Å². The molecule has 2 aromatic rings. The van der Waals surface area contributed by atoms with Crippen LogP contribution < -0.4 is 5.32 Å². The summed E-state index contributed by atoms with van der Waals surface area (Å²) in [6.07, 6.45) is 3.11. The van der Waals surface area contributed by atoms with Gasteiger partial charge in [-0.15, -0.1) is 0 Å². The number of benzene rings is 1. The van der Waals surface area contributed by atoms with E-state index < -0.39 is 0 Å². The molecule has 0 aliphatic rings. The highest BCUT2D eigenvalue weighted by atomic mass is 79.9. The van der Waals surface area contributed by atoms with E-state index in [1.807, 2.05) is 19.1 Å². The Morgan fingerprint density at radius 3 is 2.94 bits per heavy atom. The summed E-state index contributed by atoms with van der Waals surface area (Å²) >= 11 is 3.42. The molecule has 1 amide bonds. The number of carbonyl (C=O) groups excluding carboxylic acids is 1. The second kappa shape index (κ2) is 5.73. The second-order valence-corrected chi connectivity index (χ2v) is 4.61. The van der Waals surface area contributed by atoms with Gasteiger partial charge in [0.05, 0.1) is 17.8 Å². The van der Waals surface area contributed by atoms with Crippen LogP contribution in [0.4, 0.5) is 0 Å². The summed E-state index contributed by atoms with van der Waals surface area (Å²) in [5.41, 5.74) is 2.44. The van der Waals surface area contributed by atoms with Crippen LogP contribution >= 0.6 is 15.9 Å². The van der Waals surface area contributed by atoms with Crippen LogP contribution in [0.25, 0.3) is 0 Å². The Hall–Kier alpha value is -1.75. The molecule has 0 unspecified atom stereocenters. The van der Waals surface area contributed by atoms with Crippen LogP contribution in [0.1, 0.15) is 21.6 Å². The van der Waals surface area contributed by atoms with E-state index in [4.69, 9.17) is 0 Å². The molecule has 2 rings (SSSR count). The maximum atomic E-state index is 12.0. The summed E-state index contributed by atoms with van der Waals surface area (Å²) in [7, 11) is 0. The minimum absolute atomic E-state index is 0.121. The Bertz CT molecular complexity index is 557. The molecule has 0 saturated heterocycles.